The van der Waals surface area contributed by atoms with E-state index in [4.69, 9.17) is 4.42 Å². The highest BCUT2D eigenvalue weighted by Crippen LogP contribution is 2.24. The summed E-state index contributed by atoms with van der Waals surface area (Å²) in [6, 6.07) is 12.3. The Morgan fingerprint density at radius 1 is 1.16 bits per heavy atom. The zero-order valence-electron chi connectivity index (χ0n) is 16.0. The van der Waals surface area contributed by atoms with Crippen LogP contribution in [0.2, 0.25) is 0 Å². The lowest BCUT2D eigenvalue weighted by Gasteiger charge is -2.06. The van der Waals surface area contributed by atoms with Crippen LogP contribution < -0.4 is 10.4 Å². The molecule has 0 radical (unpaired) electrons. The number of rotatable bonds is 5. The van der Waals surface area contributed by atoms with E-state index in [-0.39, 0.29) is 5.75 Å². The molecule has 0 aliphatic carbocycles. The second-order valence-electron chi connectivity index (χ2n) is 6.48. The molecule has 1 N–H and O–H groups in total. The third-order valence-electron chi connectivity index (χ3n) is 4.41. The predicted molar refractivity (Wildman–Crippen MR) is 131 cm³/mol. The van der Waals surface area contributed by atoms with E-state index in [1.165, 1.54) is 17.6 Å². The average Bonchev–Trinajstić information content (AvgIpc) is 3.13. The minimum absolute atomic E-state index is 0.105. The molecule has 4 rings (SSSR count). The molecule has 2 heterocycles. The normalized spacial score (nSPS) is 12.1. The van der Waals surface area contributed by atoms with Crippen molar-refractivity contribution >= 4 is 60.4 Å². The summed E-state index contributed by atoms with van der Waals surface area (Å²) >= 11 is 8.15. The molecule has 0 unspecified atom stereocenters. The van der Waals surface area contributed by atoms with Crippen LogP contribution >= 0.6 is 43.2 Å². The van der Waals surface area contributed by atoms with Gasteiger partial charge < -0.3 is 14.1 Å². The van der Waals surface area contributed by atoms with Crippen LogP contribution in [0.15, 0.2) is 88.9 Å². The lowest BCUT2D eigenvalue weighted by molar-refractivity contribution is 0.474. The molecule has 0 saturated carbocycles. The van der Waals surface area contributed by atoms with Gasteiger partial charge in [0.05, 0.1) is 17.5 Å². The summed E-state index contributed by atoms with van der Waals surface area (Å²) < 4.78 is 9.06. The zero-order chi connectivity index (χ0) is 22.0. The lowest BCUT2D eigenvalue weighted by atomic mass is 10.1. The van der Waals surface area contributed by atoms with Crippen molar-refractivity contribution in [3.05, 3.63) is 90.2 Å². The standard InChI is InChI=1S/C22H15Br2N3O3S/c1-2-7-27-18(17-10-13-8-16(24)4-6-20(13)30-21(17)29)12-31-22(27)26-25-11-14-9-15(23)3-5-19(14)28/h2-6,8-12,28H,1,7H2/b25-11-,26-22+. The second-order valence-corrected chi connectivity index (χ2v) is 9.15. The Balaban J connectivity index is 1.80. The Bertz CT molecular complexity index is 1450. The van der Waals surface area contributed by atoms with Crippen molar-refractivity contribution in [2.75, 3.05) is 0 Å². The molecule has 0 aliphatic rings. The van der Waals surface area contributed by atoms with Crippen LogP contribution in [0.4, 0.5) is 0 Å². The number of phenolic OH excluding ortho intramolecular Hbond substituents is 1. The first-order valence-corrected chi connectivity index (χ1v) is 11.5. The van der Waals surface area contributed by atoms with Gasteiger partial charge in [0.2, 0.25) is 4.80 Å². The van der Waals surface area contributed by atoms with Gasteiger partial charge in [0.25, 0.3) is 0 Å². The fraction of sp³-hybridized carbons (Fsp3) is 0.0455. The number of hydrogen-bond donors (Lipinski definition) is 1. The van der Waals surface area contributed by atoms with Crippen molar-refractivity contribution in [1.29, 1.82) is 0 Å². The first-order chi connectivity index (χ1) is 15.0. The smallest absolute Gasteiger partial charge is 0.345 e. The van der Waals surface area contributed by atoms with Gasteiger partial charge in [-0.2, -0.15) is 5.10 Å². The molecule has 0 spiro atoms. The van der Waals surface area contributed by atoms with Gasteiger partial charge in [-0.05, 0) is 42.5 Å². The number of phenols is 1. The summed E-state index contributed by atoms with van der Waals surface area (Å²) in [6.45, 7) is 4.24. The fourth-order valence-corrected chi connectivity index (χ4v) is 4.60. The summed E-state index contributed by atoms with van der Waals surface area (Å²) in [5.74, 6) is 0.105. The Morgan fingerprint density at radius 2 is 1.94 bits per heavy atom. The average molecular weight is 561 g/mol. The molecule has 2 aromatic carbocycles. The van der Waals surface area contributed by atoms with Crippen LogP contribution in [0.5, 0.6) is 5.75 Å². The molecule has 0 saturated heterocycles. The Labute approximate surface area is 197 Å². The van der Waals surface area contributed by atoms with Crippen molar-refractivity contribution in [3.63, 3.8) is 0 Å². The number of allylic oxidation sites excluding steroid dienone is 1. The number of benzene rings is 2. The first kappa shape index (κ1) is 21.5. The number of fused-ring (bicyclic) bond motifs is 1. The number of aromatic hydroxyl groups is 1. The van der Waals surface area contributed by atoms with Gasteiger partial charge in [-0.1, -0.05) is 37.9 Å². The van der Waals surface area contributed by atoms with Gasteiger partial charge in [0.1, 0.15) is 11.3 Å². The van der Waals surface area contributed by atoms with Crippen LogP contribution in [0.25, 0.3) is 22.2 Å². The summed E-state index contributed by atoms with van der Waals surface area (Å²) in [6.07, 6.45) is 3.19. The molecular weight excluding hydrogens is 546 g/mol. The molecule has 2 aromatic heterocycles. The second kappa shape index (κ2) is 9.17. The minimum atomic E-state index is -0.431. The number of halogens is 2. The largest absolute Gasteiger partial charge is 0.507 e. The molecular formula is C22H15Br2N3O3S. The van der Waals surface area contributed by atoms with Gasteiger partial charge >= 0.3 is 5.63 Å². The van der Waals surface area contributed by atoms with Crippen LogP contribution in [-0.2, 0) is 6.54 Å². The Hall–Kier alpha value is -2.75. The maximum absolute atomic E-state index is 12.6. The number of aromatic nitrogens is 1. The highest BCUT2D eigenvalue weighted by Gasteiger charge is 2.14. The van der Waals surface area contributed by atoms with E-state index in [0.29, 0.717) is 33.8 Å². The van der Waals surface area contributed by atoms with Crippen molar-refractivity contribution in [2.45, 2.75) is 6.54 Å². The molecule has 0 amide bonds. The number of hydrogen-bond acceptors (Lipinski definition) is 6. The quantitative estimate of drug-likeness (QED) is 0.148. The van der Waals surface area contributed by atoms with Gasteiger partial charge in [-0.15, -0.1) is 23.0 Å². The Kier molecular flexibility index (Phi) is 6.35. The molecule has 0 bridgehead atoms. The summed E-state index contributed by atoms with van der Waals surface area (Å²) in [4.78, 5) is 13.2. The van der Waals surface area contributed by atoms with Gasteiger partial charge in [-0.25, -0.2) is 4.79 Å². The van der Waals surface area contributed by atoms with Crippen LogP contribution in [0.1, 0.15) is 5.56 Å². The highest BCUT2D eigenvalue weighted by molar-refractivity contribution is 9.10. The lowest BCUT2D eigenvalue weighted by Crippen LogP contribution is -2.17. The minimum Gasteiger partial charge on any atom is -0.507 e. The van der Waals surface area contributed by atoms with Gasteiger partial charge in [0, 0.05) is 31.8 Å². The van der Waals surface area contributed by atoms with E-state index in [0.717, 1.165) is 14.3 Å². The van der Waals surface area contributed by atoms with Crippen molar-refractivity contribution in [3.8, 4) is 17.0 Å². The monoisotopic (exact) mass is 559 g/mol. The third kappa shape index (κ3) is 4.63. The topological polar surface area (TPSA) is 80.1 Å². The predicted octanol–water partition coefficient (Wildman–Crippen LogP) is 5.67. The van der Waals surface area contributed by atoms with E-state index in [1.54, 1.807) is 36.4 Å². The van der Waals surface area contributed by atoms with E-state index in [2.05, 4.69) is 48.6 Å². The van der Waals surface area contributed by atoms with Crippen molar-refractivity contribution in [1.82, 2.24) is 4.57 Å². The zero-order valence-corrected chi connectivity index (χ0v) is 19.9. The molecule has 156 valence electrons. The van der Waals surface area contributed by atoms with E-state index in [9.17, 15) is 9.90 Å². The molecule has 31 heavy (non-hydrogen) atoms. The number of thiazole rings is 1. The summed E-state index contributed by atoms with van der Waals surface area (Å²) in [5.41, 5.74) is 1.72. The van der Waals surface area contributed by atoms with Crippen LogP contribution in [0.3, 0.4) is 0 Å². The maximum Gasteiger partial charge on any atom is 0.345 e. The van der Waals surface area contributed by atoms with E-state index < -0.39 is 5.63 Å². The van der Waals surface area contributed by atoms with Crippen molar-refractivity contribution in [2.24, 2.45) is 10.2 Å². The molecule has 4 aromatic rings. The van der Waals surface area contributed by atoms with Crippen LogP contribution in [0, 0.1) is 0 Å². The molecule has 9 heteroatoms. The molecule has 6 nitrogen and oxygen atoms in total. The molecule has 0 atom stereocenters. The molecule has 0 fully saturated rings. The third-order valence-corrected chi connectivity index (χ3v) is 6.25. The first-order valence-electron chi connectivity index (χ1n) is 9.05. The summed E-state index contributed by atoms with van der Waals surface area (Å²) in [5, 5.41) is 21.0. The van der Waals surface area contributed by atoms with Crippen molar-refractivity contribution < 1.29 is 9.52 Å². The highest BCUT2D eigenvalue weighted by atomic mass is 79.9. The summed E-state index contributed by atoms with van der Waals surface area (Å²) in [7, 11) is 0. The van der Waals surface area contributed by atoms with E-state index in [1.807, 2.05) is 22.1 Å². The van der Waals surface area contributed by atoms with Crippen LogP contribution in [-0.4, -0.2) is 15.9 Å². The molecule has 0 aliphatic heterocycles. The maximum atomic E-state index is 12.6. The number of nitrogens with zero attached hydrogens (tertiary/aromatic N) is 3. The van der Waals surface area contributed by atoms with E-state index >= 15 is 0 Å². The SMILES string of the molecule is C=CCn1c(-c2cc3cc(Br)ccc3oc2=O)cs/c1=N/N=C\c1cc(Br)ccc1O. The Morgan fingerprint density at radius 3 is 2.74 bits per heavy atom. The van der Waals surface area contributed by atoms with Gasteiger partial charge in [0.15, 0.2) is 0 Å². The fourth-order valence-electron chi connectivity index (χ4n) is 2.97. The van der Waals surface area contributed by atoms with Gasteiger partial charge in [-0.3, -0.25) is 0 Å².